The van der Waals surface area contributed by atoms with Gasteiger partial charge in [-0.1, -0.05) is 55.4 Å². The molecule has 0 bridgehead atoms. The highest BCUT2D eigenvalue weighted by Crippen LogP contribution is 2.46. The molecule has 0 aliphatic heterocycles. The van der Waals surface area contributed by atoms with Crippen molar-refractivity contribution in [2.75, 3.05) is 24.7 Å². The molecule has 7 nitrogen and oxygen atoms in total. The molecule has 0 heterocycles. The molecular formula is C24H47O7PS. The summed E-state index contributed by atoms with van der Waals surface area (Å²) >= 11 is 1.87. The average Bonchev–Trinajstić information content (AvgIpc) is 2.66. The van der Waals surface area contributed by atoms with Crippen LogP contribution in [0.3, 0.4) is 0 Å². The van der Waals surface area contributed by atoms with E-state index >= 15 is 0 Å². The van der Waals surface area contributed by atoms with Gasteiger partial charge in [0.05, 0.1) is 13.2 Å². The van der Waals surface area contributed by atoms with E-state index in [9.17, 15) is 24.2 Å². The van der Waals surface area contributed by atoms with Gasteiger partial charge in [-0.25, -0.2) is 4.57 Å². The summed E-state index contributed by atoms with van der Waals surface area (Å²) in [6, 6.07) is 0. The second kappa shape index (κ2) is 14.4. The lowest BCUT2D eigenvalue weighted by Gasteiger charge is -2.30. The first-order chi connectivity index (χ1) is 14.8. The number of phosphoric ester groups is 1. The van der Waals surface area contributed by atoms with Crippen LogP contribution in [0.1, 0.15) is 93.9 Å². The number of phosphoric acid groups is 1. The maximum Gasteiger partial charge on any atom is 0.472 e. The minimum Gasteiger partial charge on any atom is -0.385 e. The van der Waals surface area contributed by atoms with Gasteiger partial charge in [-0.15, -0.1) is 0 Å². The van der Waals surface area contributed by atoms with Crippen molar-refractivity contribution in [3.05, 3.63) is 0 Å². The molecule has 33 heavy (non-hydrogen) atoms. The second-order valence-corrected chi connectivity index (χ2v) is 14.5. The molecule has 0 radical (unpaired) electrons. The van der Waals surface area contributed by atoms with Gasteiger partial charge >= 0.3 is 7.82 Å². The summed E-state index contributed by atoms with van der Waals surface area (Å²) in [6.45, 7) is 15.1. The van der Waals surface area contributed by atoms with Crippen molar-refractivity contribution < 1.29 is 33.2 Å². The Morgan fingerprint density at radius 1 is 0.848 bits per heavy atom. The lowest BCUT2D eigenvalue weighted by molar-refractivity contribution is -0.134. The van der Waals surface area contributed by atoms with E-state index < -0.39 is 25.1 Å². The number of aliphatic hydroxyl groups is 1. The topological polar surface area (TPSA) is 110 Å². The van der Waals surface area contributed by atoms with Crippen LogP contribution >= 0.6 is 19.6 Å². The molecule has 0 aromatic rings. The van der Waals surface area contributed by atoms with Gasteiger partial charge in [-0.3, -0.25) is 18.6 Å². The SMILES string of the molecule is CC(C)(C)CCSCCCC(=O)CCCC(=O)C(O)C(C)(C)COP(=O)(O)OCC(C)(C)C. The molecule has 2 atom stereocenters. The molecule has 0 saturated heterocycles. The first-order valence-corrected chi connectivity index (χ1v) is 14.4. The van der Waals surface area contributed by atoms with Gasteiger partial charge in [0.15, 0.2) is 5.78 Å². The highest BCUT2D eigenvalue weighted by Gasteiger charge is 2.36. The molecular weight excluding hydrogens is 463 g/mol. The number of carbonyl (C=O) groups excluding carboxylic acids is 2. The Balaban J connectivity index is 4.22. The van der Waals surface area contributed by atoms with Crippen LogP contribution in [0.25, 0.3) is 0 Å². The Morgan fingerprint density at radius 3 is 1.94 bits per heavy atom. The quantitative estimate of drug-likeness (QED) is 0.186. The molecule has 0 aromatic heterocycles. The fourth-order valence-electron chi connectivity index (χ4n) is 2.65. The fourth-order valence-corrected chi connectivity index (χ4v) is 5.08. The third-order valence-corrected chi connectivity index (χ3v) is 6.91. The number of aliphatic hydroxyl groups excluding tert-OH is 1. The first-order valence-electron chi connectivity index (χ1n) is 11.8. The van der Waals surface area contributed by atoms with E-state index in [1.165, 1.54) is 0 Å². The molecule has 0 fully saturated rings. The highest BCUT2D eigenvalue weighted by atomic mass is 32.2. The van der Waals surface area contributed by atoms with Crippen LogP contribution in [-0.2, 0) is 23.2 Å². The molecule has 2 unspecified atom stereocenters. The van der Waals surface area contributed by atoms with Crippen LogP contribution < -0.4 is 0 Å². The minimum atomic E-state index is -4.29. The van der Waals surface area contributed by atoms with Crippen LogP contribution in [0, 0.1) is 16.2 Å². The smallest absolute Gasteiger partial charge is 0.385 e. The van der Waals surface area contributed by atoms with E-state index in [-0.39, 0.29) is 30.8 Å². The number of hydrogen-bond donors (Lipinski definition) is 2. The predicted molar refractivity (Wildman–Crippen MR) is 135 cm³/mol. The maximum atomic E-state index is 12.4. The van der Waals surface area contributed by atoms with Gasteiger partial charge in [0.25, 0.3) is 0 Å². The minimum absolute atomic E-state index is 0.0341. The van der Waals surface area contributed by atoms with E-state index in [0.717, 1.165) is 24.3 Å². The van der Waals surface area contributed by atoms with Crippen molar-refractivity contribution in [2.24, 2.45) is 16.2 Å². The van der Waals surface area contributed by atoms with Gasteiger partial charge in [-0.05, 0) is 41.6 Å². The summed E-state index contributed by atoms with van der Waals surface area (Å²) in [5.74, 6) is 1.78. The van der Waals surface area contributed by atoms with E-state index in [2.05, 4.69) is 20.8 Å². The standard InChI is InChI=1S/C24H47O7PS/c1-22(2,3)14-16-33-15-10-12-19(25)11-9-13-20(26)21(27)24(7,8)18-31-32(28,29)30-17-23(4,5)6/h21,27H,9-18H2,1-8H3,(H,28,29). The average molecular weight is 511 g/mol. The number of rotatable bonds is 17. The second-order valence-electron chi connectivity index (χ2n) is 11.9. The van der Waals surface area contributed by atoms with Crippen molar-refractivity contribution in [3.8, 4) is 0 Å². The number of hydrogen-bond acceptors (Lipinski definition) is 7. The third-order valence-electron chi connectivity index (χ3n) is 4.93. The molecule has 9 heteroatoms. The molecule has 0 aliphatic carbocycles. The molecule has 0 rings (SSSR count). The summed E-state index contributed by atoms with van der Waals surface area (Å²) in [4.78, 5) is 34.3. The van der Waals surface area contributed by atoms with Crippen LogP contribution in [-0.4, -0.2) is 52.4 Å². The Labute approximate surface area is 205 Å². The molecule has 0 aliphatic rings. The summed E-state index contributed by atoms with van der Waals surface area (Å²) in [7, 11) is -4.29. The van der Waals surface area contributed by atoms with Gasteiger partial charge in [0.1, 0.15) is 11.9 Å². The molecule has 0 saturated carbocycles. The normalized spacial score (nSPS) is 15.8. The van der Waals surface area contributed by atoms with Gasteiger partial charge in [0, 0.05) is 24.7 Å². The maximum absolute atomic E-state index is 12.4. The van der Waals surface area contributed by atoms with E-state index in [1.54, 1.807) is 13.8 Å². The summed E-state index contributed by atoms with van der Waals surface area (Å²) in [5, 5.41) is 10.4. The van der Waals surface area contributed by atoms with Gasteiger partial charge in [-0.2, -0.15) is 11.8 Å². The predicted octanol–water partition coefficient (Wildman–Crippen LogP) is 5.81. The highest BCUT2D eigenvalue weighted by molar-refractivity contribution is 7.99. The third kappa shape index (κ3) is 17.8. The van der Waals surface area contributed by atoms with Crippen LogP contribution in [0.15, 0.2) is 0 Å². The Kier molecular flexibility index (Phi) is 14.2. The summed E-state index contributed by atoms with van der Waals surface area (Å²) in [6.07, 6.45) is 1.91. The molecule has 0 spiro atoms. The molecule has 2 N–H and O–H groups in total. The van der Waals surface area contributed by atoms with Crippen molar-refractivity contribution in [2.45, 2.75) is 100 Å². The largest absolute Gasteiger partial charge is 0.472 e. The van der Waals surface area contributed by atoms with Crippen LogP contribution in [0.2, 0.25) is 0 Å². The molecule has 196 valence electrons. The monoisotopic (exact) mass is 510 g/mol. The first kappa shape index (κ1) is 32.8. The number of ketones is 2. The Morgan fingerprint density at radius 2 is 1.39 bits per heavy atom. The van der Waals surface area contributed by atoms with Gasteiger partial charge in [0.2, 0.25) is 0 Å². The molecule has 0 amide bonds. The van der Waals surface area contributed by atoms with Crippen LogP contribution in [0.5, 0.6) is 0 Å². The Hall–Kier alpha value is -0.240. The number of carbonyl (C=O) groups is 2. The van der Waals surface area contributed by atoms with Crippen molar-refractivity contribution in [3.63, 3.8) is 0 Å². The van der Waals surface area contributed by atoms with Crippen molar-refractivity contribution in [1.82, 2.24) is 0 Å². The van der Waals surface area contributed by atoms with E-state index in [4.69, 9.17) is 9.05 Å². The lowest BCUT2D eigenvalue weighted by atomic mass is 9.84. The zero-order valence-electron chi connectivity index (χ0n) is 21.9. The van der Waals surface area contributed by atoms with Crippen LogP contribution in [0.4, 0.5) is 0 Å². The summed E-state index contributed by atoms with van der Waals surface area (Å²) < 4.78 is 22.0. The van der Waals surface area contributed by atoms with Gasteiger partial charge < -0.3 is 10.00 Å². The van der Waals surface area contributed by atoms with Crippen molar-refractivity contribution >= 4 is 31.2 Å². The van der Waals surface area contributed by atoms with E-state index in [1.807, 2.05) is 32.5 Å². The zero-order chi connectivity index (χ0) is 25.9. The molecule has 0 aromatic carbocycles. The fraction of sp³-hybridized carbons (Fsp3) is 0.917. The number of thioether (sulfide) groups is 1. The van der Waals surface area contributed by atoms with Crippen molar-refractivity contribution in [1.29, 1.82) is 0 Å². The number of Topliss-reactive ketones (excluding diaryl/α,β-unsaturated/α-hetero) is 2. The zero-order valence-corrected chi connectivity index (χ0v) is 23.7. The van der Waals surface area contributed by atoms with E-state index in [0.29, 0.717) is 24.7 Å². The Bertz CT molecular complexity index is 650. The summed E-state index contributed by atoms with van der Waals surface area (Å²) in [5.41, 5.74) is -1.05. The lowest BCUT2D eigenvalue weighted by Crippen LogP contribution is -2.39.